The van der Waals surface area contributed by atoms with Gasteiger partial charge in [0, 0.05) is 27.7 Å². The highest BCUT2D eigenvalue weighted by molar-refractivity contribution is 7.78. The molecule has 1 aliphatic rings. The van der Waals surface area contributed by atoms with Gasteiger partial charge < -0.3 is 24.3 Å². The first-order chi connectivity index (χ1) is 12.1. The van der Waals surface area contributed by atoms with Crippen LogP contribution in [0.4, 0.5) is 0 Å². The van der Waals surface area contributed by atoms with Gasteiger partial charge in [0.25, 0.3) is 0 Å². The van der Waals surface area contributed by atoms with Gasteiger partial charge in [0.2, 0.25) is 5.91 Å². The van der Waals surface area contributed by atoms with E-state index in [0.29, 0.717) is 0 Å². The van der Waals surface area contributed by atoms with E-state index < -0.39 is 54.4 Å². The molecule has 1 rings (SSSR count). The molecule has 0 radical (unpaired) electrons. The quantitative estimate of drug-likeness (QED) is 0.283. The van der Waals surface area contributed by atoms with Gasteiger partial charge in [-0.25, -0.2) is 0 Å². The van der Waals surface area contributed by atoms with E-state index in [0.717, 1.165) is 13.8 Å². The lowest BCUT2D eigenvalue weighted by Crippen LogP contribution is -2.65. The van der Waals surface area contributed by atoms with Crippen molar-refractivity contribution in [2.75, 3.05) is 6.61 Å². The molecule has 0 aromatic carbocycles. The zero-order valence-electron chi connectivity index (χ0n) is 14.7. The first-order valence-electron chi connectivity index (χ1n) is 7.63. The number of nitrogens with one attached hydrogen (secondary N) is 1. The molecule has 5 atom stereocenters. The van der Waals surface area contributed by atoms with Gasteiger partial charge in [0.05, 0.1) is 5.16 Å². The van der Waals surface area contributed by atoms with Gasteiger partial charge in [-0.2, -0.15) is 4.99 Å². The van der Waals surface area contributed by atoms with Crippen molar-refractivity contribution < 1.29 is 38.1 Å². The van der Waals surface area contributed by atoms with E-state index in [4.69, 9.17) is 18.9 Å². The Morgan fingerprint density at radius 3 is 2.08 bits per heavy atom. The number of carbonyl (C=O) groups excluding carboxylic acids is 4. The maximum Gasteiger partial charge on any atom is 0.303 e. The van der Waals surface area contributed by atoms with E-state index >= 15 is 0 Å². The molecule has 144 valence electrons. The number of amides is 1. The van der Waals surface area contributed by atoms with Crippen LogP contribution in [0.1, 0.15) is 27.7 Å². The molecule has 11 heteroatoms. The van der Waals surface area contributed by atoms with E-state index in [1.807, 2.05) is 0 Å². The minimum Gasteiger partial charge on any atom is -0.463 e. The monoisotopic (exact) mass is 388 g/mol. The van der Waals surface area contributed by atoms with E-state index in [9.17, 15) is 19.2 Å². The molecule has 26 heavy (non-hydrogen) atoms. The minimum atomic E-state index is -1.15. The minimum absolute atomic E-state index is 0.290. The highest BCUT2D eigenvalue weighted by atomic mass is 32.1. The second-order valence-corrected chi connectivity index (χ2v) is 5.65. The standard InChI is InChI=1S/C15H20N2O8S/c1-7(18)17-12-14(24-10(4)21)13(23-9(3)20)11(5-22-8(2)19)25-15(12)16-6-26/h11-15H,5H2,1-4H3,(H,17,18)/t11-,12-,13+,14-,15+/m1/s1. The molecule has 0 bridgehead atoms. The highest BCUT2D eigenvalue weighted by Gasteiger charge is 2.50. The average Bonchev–Trinajstić information content (AvgIpc) is 2.50. The van der Waals surface area contributed by atoms with Crippen LogP contribution in [0.5, 0.6) is 0 Å². The molecule has 1 saturated heterocycles. The van der Waals surface area contributed by atoms with Crippen molar-refractivity contribution in [1.82, 2.24) is 5.32 Å². The van der Waals surface area contributed by atoms with Crippen molar-refractivity contribution >= 4 is 41.2 Å². The van der Waals surface area contributed by atoms with Crippen LogP contribution in [-0.4, -0.2) is 66.2 Å². The van der Waals surface area contributed by atoms with Crippen LogP contribution >= 0.6 is 12.2 Å². The van der Waals surface area contributed by atoms with Crippen molar-refractivity contribution in [1.29, 1.82) is 0 Å². The summed E-state index contributed by atoms with van der Waals surface area (Å²) in [6.07, 6.45) is -4.39. The van der Waals surface area contributed by atoms with E-state index in [1.54, 1.807) is 0 Å². The summed E-state index contributed by atoms with van der Waals surface area (Å²) in [6, 6.07) is -0.996. The number of thiocarbonyl (C=S) groups is 1. The Balaban J connectivity index is 3.28. The fourth-order valence-corrected chi connectivity index (χ4v) is 2.57. The first kappa shape index (κ1) is 21.7. The number of hydrogen-bond acceptors (Lipinski definition) is 10. The maximum atomic E-state index is 11.5. The second-order valence-electron chi connectivity index (χ2n) is 5.46. The fourth-order valence-electron chi connectivity index (χ4n) is 2.47. The molecule has 0 aliphatic carbocycles. The Kier molecular flexibility index (Phi) is 8.30. The zero-order valence-corrected chi connectivity index (χ0v) is 15.5. The number of nitrogens with zero attached hydrogens (tertiary/aromatic N) is 1. The Morgan fingerprint density at radius 1 is 1.04 bits per heavy atom. The second kappa shape index (κ2) is 9.95. The van der Waals surface area contributed by atoms with Crippen LogP contribution in [0.15, 0.2) is 4.99 Å². The van der Waals surface area contributed by atoms with E-state index in [-0.39, 0.29) is 6.61 Å². The Morgan fingerprint density at radius 2 is 1.62 bits per heavy atom. The molecule has 1 fully saturated rings. The number of aliphatic imine (C=N–C) groups is 1. The zero-order chi connectivity index (χ0) is 19.9. The summed E-state index contributed by atoms with van der Waals surface area (Å²) in [5, 5.41) is 4.67. The third-order valence-corrected chi connectivity index (χ3v) is 3.38. The summed E-state index contributed by atoms with van der Waals surface area (Å²) in [6.45, 7) is 4.46. The lowest BCUT2D eigenvalue weighted by Gasteiger charge is -2.43. The van der Waals surface area contributed by atoms with Crippen LogP contribution in [0.25, 0.3) is 0 Å². The largest absolute Gasteiger partial charge is 0.463 e. The van der Waals surface area contributed by atoms with Gasteiger partial charge >= 0.3 is 17.9 Å². The maximum absolute atomic E-state index is 11.5. The molecule has 1 N–H and O–H groups in total. The lowest BCUT2D eigenvalue weighted by atomic mass is 9.95. The van der Waals surface area contributed by atoms with Crippen molar-refractivity contribution in [2.45, 2.75) is 58.3 Å². The summed E-state index contributed by atoms with van der Waals surface area (Å²) < 4.78 is 21.1. The summed E-state index contributed by atoms with van der Waals surface area (Å²) >= 11 is 4.58. The van der Waals surface area contributed by atoms with Crippen LogP contribution in [0, 0.1) is 0 Å². The fraction of sp³-hybridized carbons (Fsp3) is 0.667. The first-order valence-corrected chi connectivity index (χ1v) is 8.03. The summed E-state index contributed by atoms with van der Waals surface area (Å²) in [5.74, 6) is -2.40. The highest BCUT2D eigenvalue weighted by Crippen LogP contribution is 2.27. The van der Waals surface area contributed by atoms with Crippen molar-refractivity contribution in [2.24, 2.45) is 4.99 Å². The predicted molar refractivity (Wildman–Crippen MR) is 89.0 cm³/mol. The van der Waals surface area contributed by atoms with Crippen molar-refractivity contribution in [3.05, 3.63) is 0 Å². The third-order valence-electron chi connectivity index (χ3n) is 3.27. The molecule has 0 saturated carbocycles. The van der Waals surface area contributed by atoms with Crippen LogP contribution in [0.3, 0.4) is 0 Å². The summed E-state index contributed by atoms with van der Waals surface area (Å²) in [4.78, 5) is 49.5. The van der Waals surface area contributed by atoms with Gasteiger partial charge in [0.1, 0.15) is 18.8 Å². The van der Waals surface area contributed by atoms with Crippen LogP contribution < -0.4 is 5.32 Å². The van der Waals surface area contributed by atoms with Crippen LogP contribution in [0.2, 0.25) is 0 Å². The SMILES string of the molecule is CC(=O)N[C@@H]1[C@@H](OC(C)=O)[C@@H](OC(C)=O)[C@@H](COC(C)=O)O[C@@H]1N=C=S. The molecule has 0 aromatic rings. The molecule has 0 unspecified atom stereocenters. The molecule has 1 amide bonds. The molecule has 10 nitrogen and oxygen atoms in total. The van der Waals surface area contributed by atoms with Gasteiger partial charge in [0.15, 0.2) is 18.4 Å². The van der Waals surface area contributed by atoms with E-state index in [1.165, 1.54) is 13.8 Å². The van der Waals surface area contributed by atoms with Gasteiger partial charge in [-0.1, -0.05) is 0 Å². The van der Waals surface area contributed by atoms with Crippen molar-refractivity contribution in [3.8, 4) is 0 Å². The predicted octanol–water partition coefficient (Wildman–Crippen LogP) is -0.255. The average molecular weight is 388 g/mol. The smallest absolute Gasteiger partial charge is 0.303 e. The molecule has 1 heterocycles. The van der Waals surface area contributed by atoms with Gasteiger partial charge in [-0.3, -0.25) is 19.2 Å². The number of ether oxygens (including phenoxy) is 4. The van der Waals surface area contributed by atoms with Crippen LogP contribution in [-0.2, 0) is 38.1 Å². The lowest BCUT2D eigenvalue weighted by molar-refractivity contribution is -0.222. The third kappa shape index (κ3) is 6.51. The molecular weight excluding hydrogens is 368 g/mol. The Bertz CT molecular complexity index is 619. The topological polar surface area (TPSA) is 130 Å². The number of isothiocyanates is 1. The van der Waals surface area contributed by atoms with Gasteiger partial charge in [-0.05, 0) is 12.2 Å². The number of carbonyl (C=O) groups is 4. The number of esters is 3. The van der Waals surface area contributed by atoms with E-state index in [2.05, 4.69) is 27.7 Å². The summed E-state index contributed by atoms with van der Waals surface area (Å²) in [5.41, 5.74) is 0. The molecule has 1 aliphatic heterocycles. The molecule has 0 aromatic heterocycles. The summed E-state index contributed by atoms with van der Waals surface area (Å²) in [7, 11) is 0. The molecular formula is C15H20N2O8S. The number of hydrogen-bond donors (Lipinski definition) is 1. The normalized spacial score (nSPS) is 27.5. The molecule has 0 spiro atoms. The Labute approximate surface area is 155 Å². The van der Waals surface area contributed by atoms with Gasteiger partial charge in [-0.15, -0.1) is 0 Å². The van der Waals surface area contributed by atoms with Crippen molar-refractivity contribution in [3.63, 3.8) is 0 Å². The number of rotatable bonds is 6. The Hall–Kier alpha value is -2.36.